The minimum atomic E-state index is -0.898. The van der Waals surface area contributed by atoms with E-state index in [1.165, 1.54) is 23.9 Å². The van der Waals surface area contributed by atoms with Gasteiger partial charge in [-0.1, -0.05) is 0 Å². The van der Waals surface area contributed by atoms with Crippen LogP contribution in [0.5, 0.6) is 0 Å². The largest absolute Gasteiger partial charge is 0.480 e. The Labute approximate surface area is 120 Å². The van der Waals surface area contributed by atoms with Gasteiger partial charge in [-0.15, -0.1) is 11.8 Å². The van der Waals surface area contributed by atoms with Gasteiger partial charge in [0.05, 0.1) is 11.9 Å². The molecule has 0 amide bonds. The van der Waals surface area contributed by atoms with Crippen LogP contribution >= 0.6 is 11.8 Å². The highest BCUT2D eigenvalue weighted by atomic mass is 32.2. The first-order valence-electron chi connectivity index (χ1n) is 5.96. The number of nitrogens with zero attached hydrogens (tertiary/aromatic N) is 1. The van der Waals surface area contributed by atoms with E-state index in [0.29, 0.717) is 17.4 Å². The van der Waals surface area contributed by atoms with Gasteiger partial charge in [0, 0.05) is 5.56 Å². The standard InChI is InChI=1S/C14H14FNO3S/c1-14(2,13(17)18)20-8-12-16-7-11(19-12)9-3-5-10(15)6-4-9/h3-7H,8H2,1-2H3,(H,17,18). The minimum Gasteiger partial charge on any atom is -0.480 e. The molecule has 0 aliphatic rings. The zero-order chi connectivity index (χ0) is 14.8. The summed E-state index contributed by atoms with van der Waals surface area (Å²) in [6.45, 7) is 3.26. The van der Waals surface area contributed by atoms with Gasteiger partial charge in [-0.2, -0.15) is 0 Å². The first-order valence-corrected chi connectivity index (χ1v) is 6.95. The Morgan fingerprint density at radius 1 is 1.40 bits per heavy atom. The molecular weight excluding hydrogens is 281 g/mol. The first kappa shape index (κ1) is 14.6. The Hall–Kier alpha value is -1.82. The molecule has 1 aromatic heterocycles. The normalized spacial score (nSPS) is 11.6. The summed E-state index contributed by atoms with van der Waals surface area (Å²) in [7, 11) is 0. The van der Waals surface area contributed by atoms with Crippen molar-refractivity contribution < 1.29 is 18.7 Å². The number of oxazole rings is 1. The van der Waals surface area contributed by atoms with Crippen LogP contribution in [0.3, 0.4) is 0 Å². The van der Waals surface area contributed by atoms with Crippen molar-refractivity contribution in [3.05, 3.63) is 42.2 Å². The summed E-state index contributed by atoms with van der Waals surface area (Å²) in [4.78, 5) is 15.1. The van der Waals surface area contributed by atoms with Crippen molar-refractivity contribution in [3.63, 3.8) is 0 Å². The average molecular weight is 295 g/mol. The molecule has 0 atom stereocenters. The van der Waals surface area contributed by atoms with Gasteiger partial charge in [-0.3, -0.25) is 4.79 Å². The lowest BCUT2D eigenvalue weighted by molar-refractivity contribution is -0.138. The Balaban J connectivity index is 2.06. The van der Waals surface area contributed by atoms with E-state index in [1.54, 1.807) is 32.2 Å². The van der Waals surface area contributed by atoms with Crippen LogP contribution in [0, 0.1) is 5.82 Å². The summed E-state index contributed by atoms with van der Waals surface area (Å²) in [5.41, 5.74) is 0.729. The third-order valence-corrected chi connectivity index (χ3v) is 4.04. The smallest absolute Gasteiger partial charge is 0.319 e. The molecule has 0 fully saturated rings. The van der Waals surface area contributed by atoms with Crippen LogP contribution in [0.4, 0.5) is 4.39 Å². The molecular formula is C14H14FNO3S. The third kappa shape index (κ3) is 3.39. The number of thioether (sulfide) groups is 1. The van der Waals surface area contributed by atoms with Gasteiger partial charge >= 0.3 is 5.97 Å². The lowest BCUT2D eigenvalue weighted by Gasteiger charge is -2.16. The van der Waals surface area contributed by atoms with Crippen molar-refractivity contribution in [2.45, 2.75) is 24.3 Å². The molecule has 0 unspecified atom stereocenters. The minimum absolute atomic E-state index is 0.313. The summed E-state index contributed by atoms with van der Waals surface area (Å²) in [5, 5.41) is 9.02. The predicted molar refractivity (Wildman–Crippen MR) is 74.9 cm³/mol. The van der Waals surface area contributed by atoms with E-state index in [4.69, 9.17) is 9.52 Å². The monoisotopic (exact) mass is 295 g/mol. The van der Waals surface area contributed by atoms with Crippen molar-refractivity contribution in [1.82, 2.24) is 4.98 Å². The molecule has 0 spiro atoms. The number of hydrogen-bond acceptors (Lipinski definition) is 4. The van der Waals surface area contributed by atoms with Crippen molar-refractivity contribution in [1.29, 1.82) is 0 Å². The second-order valence-corrected chi connectivity index (χ2v) is 6.33. The first-order chi connectivity index (χ1) is 9.38. The fourth-order valence-corrected chi connectivity index (χ4v) is 2.17. The molecule has 0 saturated carbocycles. The van der Waals surface area contributed by atoms with E-state index in [1.807, 2.05) is 0 Å². The topological polar surface area (TPSA) is 63.3 Å². The molecule has 6 heteroatoms. The van der Waals surface area contributed by atoms with Crippen LogP contribution in [0.25, 0.3) is 11.3 Å². The van der Waals surface area contributed by atoms with Gasteiger partial charge in [0.1, 0.15) is 10.6 Å². The number of halogens is 1. The maximum Gasteiger partial charge on any atom is 0.319 e. The van der Waals surface area contributed by atoms with Gasteiger partial charge in [-0.25, -0.2) is 9.37 Å². The van der Waals surface area contributed by atoms with Crippen LogP contribution in [0.2, 0.25) is 0 Å². The highest BCUT2D eigenvalue weighted by molar-refractivity contribution is 8.00. The Morgan fingerprint density at radius 2 is 2.05 bits per heavy atom. The van der Waals surface area contributed by atoms with E-state index in [-0.39, 0.29) is 5.82 Å². The average Bonchev–Trinajstić information content (AvgIpc) is 2.86. The van der Waals surface area contributed by atoms with Crippen LogP contribution in [-0.2, 0) is 10.5 Å². The summed E-state index contributed by atoms with van der Waals surface area (Å²) < 4.78 is 17.5. The SMILES string of the molecule is CC(C)(SCc1ncc(-c2ccc(F)cc2)o1)C(=O)O. The summed E-state index contributed by atoms with van der Waals surface area (Å²) >= 11 is 1.24. The zero-order valence-corrected chi connectivity index (χ0v) is 11.9. The number of aliphatic carboxylic acids is 1. The number of carbonyl (C=O) groups is 1. The third-order valence-electron chi connectivity index (χ3n) is 2.75. The molecule has 1 aromatic carbocycles. The number of rotatable bonds is 5. The summed E-state index contributed by atoms with van der Waals surface area (Å²) in [6, 6.07) is 5.90. The van der Waals surface area contributed by atoms with Crippen LogP contribution < -0.4 is 0 Å². The molecule has 1 heterocycles. The fraction of sp³-hybridized carbons (Fsp3) is 0.286. The van der Waals surface area contributed by atoms with Crippen molar-refractivity contribution in [3.8, 4) is 11.3 Å². The van der Waals surface area contributed by atoms with Gasteiger partial charge in [0.2, 0.25) is 5.89 Å². The molecule has 20 heavy (non-hydrogen) atoms. The summed E-state index contributed by atoms with van der Waals surface area (Å²) in [5.74, 6) is 0.151. The second-order valence-electron chi connectivity index (χ2n) is 4.73. The highest BCUT2D eigenvalue weighted by Gasteiger charge is 2.28. The maximum absolute atomic E-state index is 12.8. The molecule has 1 N–H and O–H groups in total. The van der Waals surface area contributed by atoms with E-state index in [2.05, 4.69) is 4.98 Å². The molecule has 0 bridgehead atoms. The Morgan fingerprint density at radius 3 is 2.65 bits per heavy atom. The zero-order valence-electron chi connectivity index (χ0n) is 11.1. The van der Waals surface area contributed by atoms with Crippen LogP contribution in [0.1, 0.15) is 19.7 Å². The molecule has 0 radical (unpaired) electrons. The molecule has 106 valence electrons. The quantitative estimate of drug-likeness (QED) is 0.913. The fourth-order valence-electron chi connectivity index (χ4n) is 1.43. The van der Waals surface area contributed by atoms with Gasteiger partial charge in [-0.05, 0) is 38.1 Å². The van der Waals surface area contributed by atoms with Crippen LogP contribution in [0.15, 0.2) is 34.9 Å². The van der Waals surface area contributed by atoms with Crippen molar-refractivity contribution >= 4 is 17.7 Å². The van der Waals surface area contributed by atoms with E-state index in [0.717, 1.165) is 5.56 Å². The van der Waals surface area contributed by atoms with Gasteiger partial charge < -0.3 is 9.52 Å². The highest BCUT2D eigenvalue weighted by Crippen LogP contribution is 2.29. The summed E-state index contributed by atoms with van der Waals surface area (Å²) in [6.07, 6.45) is 1.55. The maximum atomic E-state index is 12.8. The van der Waals surface area contributed by atoms with Crippen LogP contribution in [-0.4, -0.2) is 20.8 Å². The molecule has 0 aliphatic heterocycles. The molecule has 4 nitrogen and oxygen atoms in total. The molecule has 0 aliphatic carbocycles. The number of carboxylic acid groups (broad SMARTS) is 1. The van der Waals surface area contributed by atoms with Crippen molar-refractivity contribution in [2.75, 3.05) is 0 Å². The van der Waals surface area contributed by atoms with Gasteiger partial charge in [0.25, 0.3) is 0 Å². The molecule has 2 rings (SSSR count). The Kier molecular flexibility index (Phi) is 4.13. The second kappa shape index (κ2) is 5.66. The Bertz CT molecular complexity index is 607. The predicted octanol–water partition coefficient (Wildman–Crippen LogP) is 3.58. The lowest BCUT2D eigenvalue weighted by atomic mass is 10.2. The number of aromatic nitrogens is 1. The molecule has 0 saturated heterocycles. The van der Waals surface area contributed by atoms with E-state index in [9.17, 15) is 9.18 Å². The van der Waals surface area contributed by atoms with Gasteiger partial charge in [0.15, 0.2) is 5.76 Å². The number of hydrogen-bond donors (Lipinski definition) is 1. The number of benzene rings is 1. The van der Waals surface area contributed by atoms with Crippen molar-refractivity contribution in [2.24, 2.45) is 0 Å². The van der Waals surface area contributed by atoms with E-state index < -0.39 is 10.7 Å². The number of carboxylic acids is 1. The lowest BCUT2D eigenvalue weighted by Crippen LogP contribution is -2.27. The molecule has 2 aromatic rings. The van der Waals surface area contributed by atoms with E-state index >= 15 is 0 Å².